The van der Waals surface area contributed by atoms with Crippen molar-refractivity contribution in [1.82, 2.24) is 18.3 Å². The molecule has 4 aromatic heterocycles. The van der Waals surface area contributed by atoms with E-state index >= 15 is 0 Å². The van der Waals surface area contributed by atoms with Crippen LogP contribution < -0.4 is 16.4 Å². The van der Waals surface area contributed by atoms with Crippen LogP contribution in [0.5, 0.6) is 0 Å². The predicted octanol–water partition coefficient (Wildman–Crippen LogP) is 16.4. The highest BCUT2D eigenvalue weighted by Crippen LogP contribution is 2.46. The second-order valence-corrected chi connectivity index (χ2v) is 26.3. The van der Waals surface area contributed by atoms with E-state index in [0.717, 1.165) is 11.4 Å². The molecule has 0 unspecified atom stereocenters. The smallest absolute Gasteiger partial charge is 0.252 e. The molecule has 13 aromatic rings. The van der Waals surface area contributed by atoms with Crippen molar-refractivity contribution in [3.8, 4) is 22.7 Å². The van der Waals surface area contributed by atoms with Gasteiger partial charge in [-0.2, -0.15) is 0 Å². The zero-order valence-electron chi connectivity index (χ0n) is 45.5. The van der Waals surface area contributed by atoms with E-state index < -0.39 is 0 Å². The molecule has 0 saturated heterocycles. The molecule has 4 nitrogen and oxygen atoms in total. The highest BCUT2D eigenvalue weighted by atomic mass is 15.0. The number of fused-ring (bicyclic) bond motifs is 17. The molecule has 0 spiro atoms. The zero-order chi connectivity index (χ0) is 51.6. The van der Waals surface area contributed by atoms with E-state index in [9.17, 15) is 0 Å². The van der Waals surface area contributed by atoms with Crippen LogP contribution in [0.15, 0.2) is 164 Å². The Balaban J connectivity index is 1.06. The van der Waals surface area contributed by atoms with E-state index in [1.54, 1.807) is 0 Å². The van der Waals surface area contributed by atoms with E-state index in [1.807, 2.05) is 0 Å². The minimum atomic E-state index is -0.0685. The Hall–Kier alpha value is -7.76. The summed E-state index contributed by atoms with van der Waals surface area (Å²) in [5.41, 5.74) is 24.5. The lowest BCUT2D eigenvalue weighted by Gasteiger charge is -2.34. The van der Waals surface area contributed by atoms with Crippen molar-refractivity contribution in [3.05, 3.63) is 186 Å². The molecule has 6 heterocycles. The lowest BCUT2D eigenvalue weighted by atomic mass is 9.34. The summed E-state index contributed by atoms with van der Waals surface area (Å²) in [6.45, 7) is 28.1. The molecule has 0 radical (unpaired) electrons. The maximum Gasteiger partial charge on any atom is 0.252 e. The molecule has 75 heavy (non-hydrogen) atoms. The predicted molar refractivity (Wildman–Crippen MR) is 323 cm³/mol. The summed E-state index contributed by atoms with van der Waals surface area (Å²) in [6, 6.07) is 64.0. The third-order valence-electron chi connectivity index (χ3n) is 17.5. The molecule has 0 amide bonds. The second-order valence-electron chi connectivity index (χ2n) is 26.3. The number of hydrogen-bond donors (Lipinski definition) is 0. The van der Waals surface area contributed by atoms with Gasteiger partial charge in [0, 0.05) is 71.4 Å². The van der Waals surface area contributed by atoms with Gasteiger partial charge in [0.05, 0.1) is 38.6 Å². The lowest BCUT2D eigenvalue weighted by Crippen LogP contribution is -2.59. The third kappa shape index (κ3) is 6.01. The fourth-order valence-electron chi connectivity index (χ4n) is 13.6. The van der Waals surface area contributed by atoms with Crippen molar-refractivity contribution in [2.75, 3.05) is 0 Å². The Bertz CT molecular complexity index is 4620. The average molecular weight is 971 g/mol. The molecule has 0 bridgehead atoms. The van der Waals surface area contributed by atoms with Crippen LogP contribution in [0, 0.1) is 0 Å². The first-order chi connectivity index (χ1) is 35.8. The normalized spacial score (nSPS) is 13.8. The van der Waals surface area contributed by atoms with Crippen molar-refractivity contribution in [2.45, 2.75) is 105 Å². The highest BCUT2D eigenvalue weighted by Gasteiger charge is 2.42. The van der Waals surface area contributed by atoms with Crippen molar-refractivity contribution in [2.24, 2.45) is 0 Å². The molecule has 0 atom stereocenters. The summed E-state index contributed by atoms with van der Waals surface area (Å²) < 4.78 is 10.3. The number of rotatable bonds is 2. The molecule has 15 rings (SSSR count). The summed E-state index contributed by atoms with van der Waals surface area (Å²) >= 11 is 0. The lowest BCUT2D eigenvalue weighted by molar-refractivity contribution is 0.590. The summed E-state index contributed by atoms with van der Waals surface area (Å²) in [4.78, 5) is 0. The van der Waals surface area contributed by atoms with Gasteiger partial charge in [0.25, 0.3) is 6.71 Å². The molecule has 2 aliphatic heterocycles. The van der Waals surface area contributed by atoms with Gasteiger partial charge in [0.2, 0.25) is 0 Å². The number of nitrogens with zero attached hydrogens (tertiary/aromatic N) is 4. The van der Waals surface area contributed by atoms with Gasteiger partial charge in [-0.1, -0.05) is 156 Å². The quantitative estimate of drug-likeness (QED) is 0.154. The zero-order valence-corrected chi connectivity index (χ0v) is 45.5. The number of aromatic nitrogens is 4. The summed E-state index contributed by atoms with van der Waals surface area (Å²) in [7, 11) is 0. The third-order valence-corrected chi connectivity index (χ3v) is 17.5. The number of benzene rings is 9. The van der Waals surface area contributed by atoms with Gasteiger partial charge in [0.1, 0.15) is 0 Å². The molecule has 5 heteroatoms. The van der Waals surface area contributed by atoms with Gasteiger partial charge >= 0.3 is 0 Å². The maximum atomic E-state index is 2.62. The molecule has 0 saturated carbocycles. The molecule has 0 aliphatic carbocycles. The van der Waals surface area contributed by atoms with E-state index in [-0.39, 0.29) is 28.4 Å². The molecular weight excluding hydrogens is 908 g/mol. The van der Waals surface area contributed by atoms with Crippen LogP contribution in [0.1, 0.15) is 105 Å². The first-order valence-corrected chi connectivity index (χ1v) is 27.2. The van der Waals surface area contributed by atoms with Gasteiger partial charge in [-0.05, 0) is 151 Å². The highest BCUT2D eigenvalue weighted by molar-refractivity contribution is 7.00. The van der Waals surface area contributed by atoms with Crippen LogP contribution in [0.4, 0.5) is 0 Å². The number of para-hydroxylation sites is 2. The van der Waals surface area contributed by atoms with Gasteiger partial charge in [-0.25, -0.2) is 0 Å². The molecule has 0 fully saturated rings. The van der Waals surface area contributed by atoms with Gasteiger partial charge in [0.15, 0.2) is 0 Å². The van der Waals surface area contributed by atoms with Crippen molar-refractivity contribution in [1.29, 1.82) is 0 Å². The van der Waals surface area contributed by atoms with Crippen LogP contribution in [0.25, 0.3) is 110 Å². The second kappa shape index (κ2) is 14.5. The van der Waals surface area contributed by atoms with Crippen molar-refractivity contribution < 1.29 is 0 Å². The Morgan fingerprint density at radius 2 is 0.707 bits per heavy atom. The minimum Gasteiger partial charge on any atom is -0.310 e. The number of hydrogen-bond acceptors (Lipinski definition) is 0. The van der Waals surface area contributed by atoms with Crippen LogP contribution >= 0.6 is 0 Å². The van der Waals surface area contributed by atoms with Crippen molar-refractivity contribution in [3.63, 3.8) is 0 Å². The standard InChI is InChI=1S/C70H63BN4/c1-67(2,3)40-27-30-56-48(33-40)49-34-41(68(4,5)6)28-31-57(49)72(56)44-19-17-20-45(38-44)73-54-23-15-13-21-46(54)62-61(73)39-53-66-63(62)47-22-14-16-24-55(47)75(66)60-26-18-25-59-64(60)71(53)52-37-43(70(10,11)12)36-51-50-35-42(69(7,8)9)29-32-58(50)74(59)65(51)52/h13-39H,1-12H3. The molecule has 0 N–H and O–H groups in total. The average Bonchev–Trinajstić information content (AvgIpc) is 4.30. The van der Waals surface area contributed by atoms with E-state index in [4.69, 9.17) is 0 Å². The molecule has 9 aromatic carbocycles. The van der Waals surface area contributed by atoms with Crippen molar-refractivity contribution >= 4 is 110 Å². The van der Waals surface area contributed by atoms with Gasteiger partial charge < -0.3 is 18.3 Å². The van der Waals surface area contributed by atoms with E-state index in [0.29, 0.717) is 0 Å². The summed E-state index contributed by atoms with van der Waals surface area (Å²) in [5.74, 6) is 0. The molecular formula is C70H63BN4. The fourth-order valence-corrected chi connectivity index (χ4v) is 13.6. The SMILES string of the molecule is CC(C)(C)c1ccc2c(c1)c1cc(C(C)(C)C)ccc1n2-c1cccc(-n2c3ccccc3c3c4c5ccccc5n5c4c(cc32)B2c3c(cccc3-5)-n3c4ccc(C(C)(C)C)cc4c4cc(C(C)(C)C)cc2c43)c1. The van der Waals surface area contributed by atoms with Crippen LogP contribution in [0.2, 0.25) is 0 Å². The van der Waals surface area contributed by atoms with Gasteiger partial charge in [-0.3, -0.25) is 0 Å². The monoisotopic (exact) mass is 971 g/mol. The van der Waals surface area contributed by atoms with Gasteiger partial charge in [-0.15, -0.1) is 0 Å². The van der Waals surface area contributed by atoms with Crippen LogP contribution in [-0.2, 0) is 21.7 Å². The first-order valence-electron chi connectivity index (χ1n) is 27.2. The topological polar surface area (TPSA) is 19.7 Å². The Morgan fingerprint density at radius 1 is 0.293 bits per heavy atom. The Morgan fingerprint density at radius 3 is 1.25 bits per heavy atom. The largest absolute Gasteiger partial charge is 0.310 e. The molecule has 2 aliphatic rings. The molecule has 366 valence electrons. The Kier molecular flexibility index (Phi) is 8.67. The minimum absolute atomic E-state index is 0.00464. The Labute approximate surface area is 439 Å². The maximum absolute atomic E-state index is 2.62. The van der Waals surface area contributed by atoms with Crippen LogP contribution in [-0.4, -0.2) is 25.0 Å². The summed E-state index contributed by atoms with van der Waals surface area (Å²) in [6.07, 6.45) is 0. The van der Waals surface area contributed by atoms with E-state index in [2.05, 4.69) is 265 Å². The van der Waals surface area contributed by atoms with Crippen LogP contribution in [0.3, 0.4) is 0 Å². The fraction of sp³-hybridized carbons (Fsp3) is 0.229. The van der Waals surface area contributed by atoms with E-state index in [1.165, 1.54) is 137 Å². The summed E-state index contributed by atoms with van der Waals surface area (Å²) in [5, 5.41) is 10.5. The first kappa shape index (κ1) is 44.7.